The fourth-order valence-electron chi connectivity index (χ4n) is 1.40. The second kappa shape index (κ2) is 6.68. The van der Waals surface area contributed by atoms with Gasteiger partial charge in [-0.2, -0.15) is 5.10 Å². The Hall–Kier alpha value is -1.84. The Labute approximate surface area is 101 Å². The lowest BCUT2D eigenvalue weighted by atomic mass is 10.1. The van der Waals surface area contributed by atoms with Gasteiger partial charge in [0, 0.05) is 6.21 Å². The molecule has 0 fully saturated rings. The highest BCUT2D eigenvalue weighted by Crippen LogP contribution is 2.10. The highest BCUT2D eigenvalue weighted by Gasteiger charge is 2.01. The van der Waals surface area contributed by atoms with Gasteiger partial charge in [-0.3, -0.25) is 5.43 Å². The van der Waals surface area contributed by atoms with Crippen LogP contribution in [0.4, 0.5) is 5.69 Å². The Bertz CT molecular complexity index is 381. The molecule has 1 aromatic carbocycles. The lowest BCUT2D eigenvalue weighted by Gasteiger charge is -2.05. The summed E-state index contributed by atoms with van der Waals surface area (Å²) < 4.78 is 0. The van der Waals surface area contributed by atoms with Crippen LogP contribution in [-0.4, -0.2) is 17.3 Å². The Morgan fingerprint density at radius 3 is 2.41 bits per heavy atom. The summed E-state index contributed by atoms with van der Waals surface area (Å²) in [4.78, 5) is 10.6. The minimum atomic E-state index is -0.919. The molecule has 4 nitrogen and oxygen atoms in total. The molecule has 0 heterocycles. The summed E-state index contributed by atoms with van der Waals surface area (Å²) in [6.45, 7) is 4.25. The molecule has 0 saturated heterocycles. The van der Waals surface area contributed by atoms with Gasteiger partial charge in [-0.25, -0.2) is 4.79 Å². The van der Waals surface area contributed by atoms with Crippen molar-refractivity contribution in [3.05, 3.63) is 29.8 Å². The van der Waals surface area contributed by atoms with Crippen molar-refractivity contribution in [2.24, 2.45) is 11.0 Å². The number of carboxylic acid groups (broad SMARTS) is 1. The van der Waals surface area contributed by atoms with Gasteiger partial charge in [-0.1, -0.05) is 13.8 Å². The number of rotatable bonds is 6. The first kappa shape index (κ1) is 13.2. The van der Waals surface area contributed by atoms with E-state index < -0.39 is 5.97 Å². The summed E-state index contributed by atoms with van der Waals surface area (Å²) in [7, 11) is 0. The zero-order valence-corrected chi connectivity index (χ0v) is 10.2. The number of anilines is 1. The Balaban J connectivity index is 2.55. The number of aromatic carboxylic acids is 1. The molecule has 1 aromatic rings. The second-order valence-corrected chi connectivity index (χ2v) is 3.85. The van der Waals surface area contributed by atoms with Gasteiger partial charge in [-0.15, -0.1) is 0 Å². The molecule has 4 heteroatoms. The summed E-state index contributed by atoms with van der Waals surface area (Å²) in [5.74, 6) is -0.433. The fourth-order valence-corrected chi connectivity index (χ4v) is 1.40. The van der Waals surface area contributed by atoms with E-state index in [0.29, 0.717) is 5.92 Å². The van der Waals surface area contributed by atoms with Crippen LogP contribution in [0.5, 0.6) is 0 Å². The van der Waals surface area contributed by atoms with E-state index in [4.69, 9.17) is 5.11 Å². The molecule has 0 spiro atoms. The zero-order chi connectivity index (χ0) is 12.7. The predicted octanol–water partition coefficient (Wildman–Crippen LogP) is 3.22. The van der Waals surface area contributed by atoms with E-state index in [1.54, 1.807) is 24.3 Å². The highest BCUT2D eigenvalue weighted by atomic mass is 16.4. The van der Waals surface area contributed by atoms with Crippen LogP contribution in [0.2, 0.25) is 0 Å². The van der Waals surface area contributed by atoms with Crippen molar-refractivity contribution in [3.8, 4) is 0 Å². The molecule has 0 aliphatic rings. The molecule has 0 aliphatic carbocycles. The second-order valence-electron chi connectivity index (χ2n) is 3.85. The number of hydrazone groups is 1. The molecule has 0 amide bonds. The first-order valence-corrected chi connectivity index (χ1v) is 5.79. The molecule has 0 aromatic heterocycles. The van der Waals surface area contributed by atoms with Crippen molar-refractivity contribution >= 4 is 17.9 Å². The van der Waals surface area contributed by atoms with E-state index in [-0.39, 0.29) is 5.56 Å². The molecule has 2 N–H and O–H groups in total. The van der Waals surface area contributed by atoms with Crippen LogP contribution in [0, 0.1) is 5.92 Å². The highest BCUT2D eigenvalue weighted by molar-refractivity contribution is 5.88. The van der Waals surface area contributed by atoms with Gasteiger partial charge < -0.3 is 5.11 Å². The molecule has 0 unspecified atom stereocenters. The molecule has 17 heavy (non-hydrogen) atoms. The third-order valence-electron chi connectivity index (χ3n) is 2.66. The van der Waals surface area contributed by atoms with Crippen LogP contribution < -0.4 is 5.43 Å². The van der Waals surface area contributed by atoms with Gasteiger partial charge in [-0.05, 0) is 43.0 Å². The number of carboxylic acids is 1. The smallest absolute Gasteiger partial charge is 0.335 e. The summed E-state index contributed by atoms with van der Waals surface area (Å²) >= 11 is 0. The van der Waals surface area contributed by atoms with Crippen LogP contribution in [-0.2, 0) is 0 Å². The van der Waals surface area contributed by atoms with Gasteiger partial charge >= 0.3 is 5.97 Å². The van der Waals surface area contributed by atoms with Gasteiger partial charge in [0.15, 0.2) is 0 Å². The molecule has 92 valence electrons. The zero-order valence-electron chi connectivity index (χ0n) is 10.2. The van der Waals surface area contributed by atoms with Crippen molar-refractivity contribution in [1.29, 1.82) is 0 Å². The van der Waals surface area contributed by atoms with E-state index in [9.17, 15) is 4.79 Å². The predicted molar refractivity (Wildman–Crippen MR) is 69.6 cm³/mol. The van der Waals surface area contributed by atoms with E-state index in [1.807, 2.05) is 6.21 Å². The molecule has 0 bridgehead atoms. The lowest BCUT2D eigenvalue weighted by Crippen LogP contribution is -2.00. The quantitative estimate of drug-likeness (QED) is 0.587. The molecule has 0 aliphatic heterocycles. The average Bonchev–Trinajstić information content (AvgIpc) is 2.35. The first-order valence-electron chi connectivity index (χ1n) is 5.79. The van der Waals surface area contributed by atoms with Crippen molar-refractivity contribution in [1.82, 2.24) is 0 Å². The van der Waals surface area contributed by atoms with E-state index >= 15 is 0 Å². The number of nitrogens with zero attached hydrogens (tertiary/aromatic N) is 1. The lowest BCUT2D eigenvalue weighted by molar-refractivity contribution is 0.0697. The van der Waals surface area contributed by atoms with Crippen LogP contribution in [0.25, 0.3) is 0 Å². The van der Waals surface area contributed by atoms with Crippen molar-refractivity contribution < 1.29 is 9.90 Å². The minimum Gasteiger partial charge on any atom is -0.478 e. The number of carbonyl (C=O) groups is 1. The number of benzene rings is 1. The summed E-state index contributed by atoms with van der Waals surface area (Å²) in [6, 6.07) is 6.51. The Kier molecular flexibility index (Phi) is 5.20. The Morgan fingerprint density at radius 2 is 1.94 bits per heavy atom. The van der Waals surface area contributed by atoms with Gasteiger partial charge in [0.1, 0.15) is 0 Å². The van der Waals surface area contributed by atoms with Crippen LogP contribution in [0.1, 0.15) is 37.0 Å². The molecule has 0 saturated carbocycles. The Morgan fingerprint density at radius 1 is 1.35 bits per heavy atom. The molecular weight excluding hydrogens is 216 g/mol. The van der Waals surface area contributed by atoms with Gasteiger partial charge in [0.2, 0.25) is 0 Å². The van der Waals surface area contributed by atoms with Crippen LogP contribution in [0.3, 0.4) is 0 Å². The van der Waals surface area contributed by atoms with E-state index in [1.165, 1.54) is 0 Å². The fraction of sp³-hybridized carbons (Fsp3) is 0.385. The third-order valence-corrected chi connectivity index (χ3v) is 2.66. The average molecular weight is 234 g/mol. The standard InChI is InChI=1S/C13H18N2O2/c1-3-10(4-2)9-14-15-12-7-5-11(6-8-12)13(16)17/h5-10,15H,3-4H2,1-2H3,(H,16,17)/b14-9+. The number of nitrogens with one attached hydrogen (secondary N) is 1. The maximum atomic E-state index is 10.6. The van der Waals surface area contributed by atoms with Crippen molar-refractivity contribution in [3.63, 3.8) is 0 Å². The monoisotopic (exact) mass is 234 g/mol. The van der Waals surface area contributed by atoms with Crippen LogP contribution in [0.15, 0.2) is 29.4 Å². The van der Waals surface area contributed by atoms with E-state index in [2.05, 4.69) is 24.4 Å². The number of hydrogen-bond acceptors (Lipinski definition) is 3. The number of hydrogen-bond donors (Lipinski definition) is 2. The summed E-state index contributed by atoms with van der Waals surface area (Å²) in [5, 5.41) is 12.9. The largest absolute Gasteiger partial charge is 0.478 e. The van der Waals surface area contributed by atoms with Gasteiger partial charge in [0.25, 0.3) is 0 Å². The SMILES string of the molecule is CCC(/C=N/Nc1ccc(C(=O)O)cc1)CC. The molecule has 0 atom stereocenters. The molecule has 1 rings (SSSR count). The molecular formula is C13H18N2O2. The van der Waals surface area contributed by atoms with Crippen molar-refractivity contribution in [2.75, 3.05) is 5.43 Å². The molecule has 0 radical (unpaired) electrons. The maximum Gasteiger partial charge on any atom is 0.335 e. The third kappa shape index (κ3) is 4.26. The van der Waals surface area contributed by atoms with E-state index in [0.717, 1.165) is 18.5 Å². The van der Waals surface area contributed by atoms with Crippen LogP contribution >= 0.6 is 0 Å². The summed E-state index contributed by atoms with van der Waals surface area (Å²) in [5.41, 5.74) is 3.95. The topological polar surface area (TPSA) is 61.7 Å². The first-order chi connectivity index (χ1) is 8.17. The minimum absolute atomic E-state index is 0.277. The normalized spacial score (nSPS) is 11.0. The van der Waals surface area contributed by atoms with Crippen molar-refractivity contribution in [2.45, 2.75) is 26.7 Å². The van der Waals surface area contributed by atoms with Gasteiger partial charge in [0.05, 0.1) is 11.3 Å². The summed E-state index contributed by atoms with van der Waals surface area (Å²) in [6.07, 6.45) is 4.03. The maximum absolute atomic E-state index is 10.6.